The Morgan fingerprint density at radius 2 is 2.06 bits per heavy atom. The lowest BCUT2D eigenvalue weighted by molar-refractivity contribution is -0.121. The fourth-order valence-corrected chi connectivity index (χ4v) is 1.15. The Morgan fingerprint density at radius 1 is 1.39 bits per heavy atom. The normalized spacial score (nSPS) is 9.67. The minimum atomic E-state index is -1.02. The predicted octanol–water partition coefficient (Wildman–Crippen LogP) is 0.602. The van der Waals surface area contributed by atoms with E-state index in [2.05, 4.69) is 0 Å². The lowest BCUT2D eigenvalue weighted by Crippen LogP contribution is -2.38. The van der Waals surface area contributed by atoms with Crippen LogP contribution in [0.5, 0.6) is 5.75 Å². The van der Waals surface area contributed by atoms with Crippen molar-refractivity contribution < 1.29 is 23.5 Å². The number of carbonyl (C=O) groups excluding carboxylic acids is 3. The van der Waals surface area contributed by atoms with E-state index in [1.54, 1.807) is 5.32 Å². The van der Waals surface area contributed by atoms with Crippen LogP contribution >= 0.6 is 0 Å². The van der Waals surface area contributed by atoms with Gasteiger partial charge in [-0.2, -0.15) is 0 Å². The summed E-state index contributed by atoms with van der Waals surface area (Å²) in [5.74, 6) is -2.04. The number of hydrogen-bond acceptors (Lipinski definition) is 4. The Kier molecular flexibility index (Phi) is 4.36. The molecule has 1 aromatic carbocycles. The zero-order chi connectivity index (χ0) is 13.7. The molecule has 18 heavy (non-hydrogen) atoms. The maximum atomic E-state index is 13.4. The molecule has 0 bridgehead atoms. The number of benzene rings is 1. The van der Waals surface area contributed by atoms with E-state index in [0.717, 1.165) is 6.07 Å². The fourth-order valence-electron chi connectivity index (χ4n) is 1.15. The molecule has 7 heteroatoms. The Labute approximate surface area is 102 Å². The molecule has 0 aromatic heterocycles. The summed E-state index contributed by atoms with van der Waals surface area (Å²) in [7, 11) is 0. The highest BCUT2D eigenvalue weighted by atomic mass is 19.1. The van der Waals surface area contributed by atoms with E-state index in [-0.39, 0.29) is 17.1 Å². The predicted molar refractivity (Wildman–Crippen MR) is 59.6 cm³/mol. The average molecular weight is 254 g/mol. The second-order valence-corrected chi connectivity index (χ2v) is 3.40. The van der Waals surface area contributed by atoms with Gasteiger partial charge in [0.1, 0.15) is 0 Å². The van der Waals surface area contributed by atoms with E-state index >= 15 is 0 Å². The summed E-state index contributed by atoms with van der Waals surface area (Å²) in [5.41, 5.74) is 4.90. The summed E-state index contributed by atoms with van der Waals surface area (Å²) in [4.78, 5) is 32.3. The first kappa shape index (κ1) is 13.6. The number of carbonyl (C=O) groups is 3. The summed E-state index contributed by atoms with van der Waals surface area (Å²) in [6, 6.07) is 2.58. The van der Waals surface area contributed by atoms with Crippen molar-refractivity contribution in [1.29, 1.82) is 0 Å². The van der Waals surface area contributed by atoms with E-state index in [0.29, 0.717) is 0 Å². The molecule has 96 valence electrons. The molecule has 0 aliphatic heterocycles. The maximum Gasteiger partial charge on any atom is 0.318 e. The van der Waals surface area contributed by atoms with Gasteiger partial charge in [-0.15, -0.1) is 0 Å². The van der Waals surface area contributed by atoms with Gasteiger partial charge < -0.3 is 10.5 Å². The number of halogens is 1. The first-order valence-corrected chi connectivity index (χ1v) is 4.92. The number of Topliss-reactive ketones (excluding diaryl/α,β-unsaturated/α-hetero) is 1. The highest BCUT2D eigenvalue weighted by Gasteiger charge is 2.10. The van der Waals surface area contributed by atoms with Crippen LogP contribution in [0.15, 0.2) is 18.2 Å². The molecule has 0 atom stereocenters. The molecule has 0 unspecified atom stereocenters. The third-order valence-electron chi connectivity index (χ3n) is 1.96. The highest BCUT2D eigenvalue weighted by molar-refractivity contribution is 5.94. The Bertz CT molecular complexity index is 502. The molecule has 0 saturated carbocycles. The molecule has 0 aliphatic carbocycles. The molecule has 3 N–H and O–H groups in total. The van der Waals surface area contributed by atoms with Gasteiger partial charge in [-0.1, -0.05) is 0 Å². The lowest BCUT2D eigenvalue weighted by atomic mass is 10.1. The molecule has 0 aliphatic rings. The van der Waals surface area contributed by atoms with E-state index in [1.165, 1.54) is 19.1 Å². The molecule has 3 amide bonds. The molecular weight excluding hydrogens is 243 g/mol. The van der Waals surface area contributed by atoms with Crippen molar-refractivity contribution in [1.82, 2.24) is 5.32 Å². The van der Waals surface area contributed by atoms with Crippen LogP contribution in [0.4, 0.5) is 9.18 Å². The number of hydrogen-bond donors (Lipinski definition) is 2. The van der Waals surface area contributed by atoms with Crippen molar-refractivity contribution in [3.05, 3.63) is 29.6 Å². The second-order valence-electron chi connectivity index (χ2n) is 3.40. The van der Waals surface area contributed by atoms with E-state index in [4.69, 9.17) is 10.5 Å². The zero-order valence-corrected chi connectivity index (χ0v) is 9.53. The van der Waals surface area contributed by atoms with Crippen LogP contribution in [0.3, 0.4) is 0 Å². The fraction of sp³-hybridized carbons (Fsp3) is 0.182. The van der Waals surface area contributed by atoms with Gasteiger partial charge in [0.25, 0.3) is 5.91 Å². The van der Waals surface area contributed by atoms with Crippen LogP contribution in [-0.4, -0.2) is 24.3 Å². The van der Waals surface area contributed by atoms with Crippen LogP contribution < -0.4 is 15.8 Å². The van der Waals surface area contributed by atoms with E-state index in [9.17, 15) is 18.8 Å². The first-order chi connectivity index (χ1) is 8.40. The quantitative estimate of drug-likeness (QED) is 0.768. The molecule has 0 fully saturated rings. The number of rotatable bonds is 4. The number of primary amides is 1. The first-order valence-electron chi connectivity index (χ1n) is 4.92. The van der Waals surface area contributed by atoms with Crippen LogP contribution in [-0.2, 0) is 4.79 Å². The Morgan fingerprint density at radius 3 is 2.56 bits per heavy atom. The van der Waals surface area contributed by atoms with Gasteiger partial charge in [0.2, 0.25) is 0 Å². The summed E-state index contributed by atoms with van der Waals surface area (Å²) in [6.07, 6.45) is 0. The molecular formula is C11H11FN2O4. The van der Waals surface area contributed by atoms with Crippen molar-refractivity contribution >= 4 is 17.7 Å². The third kappa shape index (κ3) is 3.85. The third-order valence-corrected chi connectivity index (χ3v) is 1.96. The number of amides is 3. The zero-order valence-electron chi connectivity index (χ0n) is 9.53. The SMILES string of the molecule is CC(=O)c1ccc(OCC(=O)NC(N)=O)c(F)c1. The number of nitrogens with one attached hydrogen (secondary N) is 1. The molecule has 0 spiro atoms. The number of ether oxygens (including phenoxy) is 1. The highest BCUT2D eigenvalue weighted by Crippen LogP contribution is 2.18. The monoisotopic (exact) mass is 254 g/mol. The van der Waals surface area contributed by atoms with Crippen LogP contribution in [0.2, 0.25) is 0 Å². The van der Waals surface area contributed by atoms with Gasteiger partial charge in [0.15, 0.2) is 24.0 Å². The van der Waals surface area contributed by atoms with Gasteiger partial charge >= 0.3 is 6.03 Å². The van der Waals surface area contributed by atoms with Gasteiger partial charge in [0.05, 0.1) is 0 Å². The molecule has 6 nitrogen and oxygen atoms in total. The molecule has 1 aromatic rings. The van der Waals surface area contributed by atoms with Crippen molar-refractivity contribution in [2.24, 2.45) is 5.73 Å². The summed E-state index contributed by atoms with van der Waals surface area (Å²) in [6.45, 7) is 0.745. The Balaban J connectivity index is 2.66. The molecule has 1 rings (SSSR count). The van der Waals surface area contributed by atoms with Gasteiger partial charge in [0, 0.05) is 5.56 Å². The minimum absolute atomic E-state index is 0.195. The molecule has 0 heterocycles. The smallest absolute Gasteiger partial charge is 0.318 e. The standard InChI is InChI=1S/C11H11FN2O4/c1-6(15)7-2-3-9(8(12)4-7)18-5-10(16)14-11(13)17/h2-4H,5H2,1H3,(H3,13,14,16,17). The van der Waals surface area contributed by atoms with Gasteiger partial charge in [-0.05, 0) is 25.1 Å². The van der Waals surface area contributed by atoms with Crippen LogP contribution in [0, 0.1) is 5.82 Å². The summed E-state index contributed by atoms with van der Waals surface area (Å²) >= 11 is 0. The largest absolute Gasteiger partial charge is 0.481 e. The summed E-state index contributed by atoms with van der Waals surface area (Å²) < 4.78 is 18.3. The number of nitrogens with two attached hydrogens (primary N) is 1. The minimum Gasteiger partial charge on any atom is -0.481 e. The molecule has 0 saturated heterocycles. The number of imide groups is 1. The van der Waals surface area contributed by atoms with Crippen molar-refractivity contribution in [3.8, 4) is 5.75 Å². The topological polar surface area (TPSA) is 98.5 Å². The van der Waals surface area contributed by atoms with Gasteiger partial charge in [-0.25, -0.2) is 9.18 Å². The molecule has 0 radical (unpaired) electrons. The Hall–Kier alpha value is -2.44. The van der Waals surface area contributed by atoms with Gasteiger partial charge in [-0.3, -0.25) is 14.9 Å². The van der Waals surface area contributed by atoms with Crippen molar-refractivity contribution in [3.63, 3.8) is 0 Å². The van der Waals surface area contributed by atoms with Crippen LogP contribution in [0.25, 0.3) is 0 Å². The van der Waals surface area contributed by atoms with Crippen molar-refractivity contribution in [2.75, 3.05) is 6.61 Å². The van der Waals surface area contributed by atoms with Crippen LogP contribution in [0.1, 0.15) is 17.3 Å². The average Bonchev–Trinajstić information content (AvgIpc) is 2.26. The van der Waals surface area contributed by atoms with E-state index < -0.39 is 24.4 Å². The number of ketones is 1. The van der Waals surface area contributed by atoms with E-state index in [1.807, 2.05) is 0 Å². The van der Waals surface area contributed by atoms with Crippen molar-refractivity contribution in [2.45, 2.75) is 6.92 Å². The lowest BCUT2D eigenvalue weighted by Gasteiger charge is -2.07. The maximum absolute atomic E-state index is 13.4. The summed E-state index contributed by atoms with van der Waals surface area (Å²) in [5, 5.41) is 1.76. The second kappa shape index (κ2) is 5.76. The number of urea groups is 1.